The number of ketones is 1. The lowest BCUT2D eigenvalue weighted by Crippen LogP contribution is -2.06. The van der Waals surface area contributed by atoms with E-state index in [9.17, 15) is 4.79 Å². The minimum atomic E-state index is -0.296. The maximum absolute atomic E-state index is 11.6. The van der Waals surface area contributed by atoms with E-state index in [1.54, 1.807) is 12.1 Å². The van der Waals surface area contributed by atoms with Crippen LogP contribution in [0.2, 0.25) is 0 Å². The van der Waals surface area contributed by atoms with Crippen molar-refractivity contribution < 1.29 is 6.22 Å². The molecule has 18 heavy (non-hydrogen) atoms. The van der Waals surface area contributed by atoms with E-state index in [0.29, 0.717) is 12.1 Å². The van der Waals surface area contributed by atoms with Crippen molar-refractivity contribution in [2.24, 2.45) is 5.73 Å². The summed E-state index contributed by atoms with van der Waals surface area (Å²) in [4.78, 5) is 11.6. The molecule has 1 aromatic rings. The minimum absolute atomic E-state index is 0. The highest BCUT2D eigenvalue weighted by Crippen LogP contribution is 2.20. The second-order valence-corrected chi connectivity index (χ2v) is 3.45. The largest absolute Gasteiger partial charge is 0.326 e. The van der Waals surface area contributed by atoms with Gasteiger partial charge >= 0.3 is 0 Å². The van der Waals surface area contributed by atoms with E-state index < -0.39 is 0 Å². The Balaban J connectivity index is 0. The fourth-order valence-electron chi connectivity index (χ4n) is 1.73. The Morgan fingerprint density at radius 1 is 1.56 bits per heavy atom. The molecule has 0 bridgehead atoms. The maximum Gasteiger partial charge on any atom is 0.235 e. The fraction of sp³-hybridized carbons (Fsp3) is 0.312. The lowest BCUT2D eigenvalue weighted by atomic mass is 9.93. The van der Waals surface area contributed by atoms with Crippen molar-refractivity contribution in [2.45, 2.75) is 33.7 Å². The predicted molar refractivity (Wildman–Crippen MR) is 80.4 cm³/mol. The molecule has 0 saturated carbocycles. The van der Waals surface area contributed by atoms with E-state index in [2.05, 4.69) is 12.5 Å². The molecular weight excluding hydrogens is 222 g/mol. The first-order valence-electron chi connectivity index (χ1n) is 6.17. The van der Waals surface area contributed by atoms with Crippen LogP contribution in [0.15, 0.2) is 18.7 Å². The highest BCUT2D eigenvalue weighted by Gasteiger charge is 2.12. The van der Waals surface area contributed by atoms with Crippen molar-refractivity contribution in [1.29, 1.82) is 0 Å². The molecule has 0 aliphatic carbocycles. The highest BCUT2D eigenvalue weighted by atomic mass is 16.1. The summed E-state index contributed by atoms with van der Waals surface area (Å²) in [6, 6.07) is 3.72. The average molecular weight is 245 g/mol. The molecule has 0 saturated heterocycles. The third-order valence-electron chi connectivity index (χ3n) is 2.53. The molecule has 1 aromatic carbocycles. The molecule has 0 heterocycles. The Labute approximate surface area is 111 Å². The second-order valence-electron chi connectivity index (χ2n) is 3.45. The predicted octanol–water partition coefficient (Wildman–Crippen LogP) is 3.44. The number of carbonyl (C=O) groups excluding carboxylic acids is 1. The number of carbonyl (C=O) groups is 1. The maximum atomic E-state index is 11.6. The van der Waals surface area contributed by atoms with Crippen molar-refractivity contribution in [2.75, 3.05) is 0 Å². The molecule has 0 aliphatic heterocycles. The minimum Gasteiger partial charge on any atom is -0.326 e. The van der Waals surface area contributed by atoms with Gasteiger partial charge in [0.1, 0.15) is 0 Å². The number of benzene rings is 1. The molecular formula is C16H23NO. The van der Waals surface area contributed by atoms with Crippen molar-refractivity contribution in [3.8, 4) is 12.3 Å². The summed E-state index contributed by atoms with van der Waals surface area (Å²) in [7, 11) is 0. The van der Waals surface area contributed by atoms with Gasteiger partial charge in [-0.1, -0.05) is 39.5 Å². The van der Waals surface area contributed by atoms with Crippen LogP contribution in [0, 0.1) is 12.3 Å². The van der Waals surface area contributed by atoms with Crippen molar-refractivity contribution in [3.63, 3.8) is 0 Å². The summed E-state index contributed by atoms with van der Waals surface area (Å²) in [5, 5.41) is 0. The molecule has 0 spiro atoms. The fourth-order valence-corrected chi connectivity index (χ4v) is 1.73. The third kappa shape index (κ3) is 3.58. The van der Waals surface area contributed by atoms with E-state index in [1.165, 1.54) is 0 Å². The van der Waals surface area contributed by atoms with Gasteiger partial charge in [0.25, 0.3) is 0 Å². The Morgan fingerprint density at radius 3 is 2.56 bits per heavy atom. The summed E-state index contributed by atoms with van der Waals surface area (Å²) < 4.78 is 0. The topological polar surface area (TPSA) is 43.1 Å². The zero-order chi connectivity index (χ0) is 14.1. The lowest BCUT2D eigenvalue weighted by molar-refractivity contribution is 0.105. The Morgan fingerprint density at radius 2 is 2.17 bits per heavy atom. The molecule has 0 aromatic heterocycles. The van der Waals surface area contributed by atoms with Gasteiger partial charge in [0, 0.05) is 13.5 Å². The van der Waals surface area contributed by atoms with Crippen molar-refractivity contribution in [1.82, 2.24) is 0 Å². The van der Waals surface area contributed by atoms with E-state index in [4.69, 9.17) is 12.2 Å². The van der Waals surface area contributed by atoms with Gasteiger partial charge in [-0.05, 0) is 35.1 Å². The number of terminal acetylenes is 1. The lowest BCUT2D eigenvalue weighted by Gasteiger charge is -2.11. The molecule has 0 radical (unpaired) electrons. The molecule has 0 fully saturated rings. The molecule has 2 N–H and O–H groups in total. The Bertz CT molecular complexity index is 472. The van der Waals surface area contributed by atoms with E-state index in [1.807, 2.05) is 26.8 Å². The molecule has 0 amide bonds. The van der Waals surface area contributed by atoms with Gasteiger partial charge < -0.3 is 5.73 Å². The van der Waals surface area contributed by atoms with Crippen LogP contribution in [0.25, 0.3) is 6.08 Å². The molecule has 0 unspecified atom stereocenters. The van der Waals surface area contributed by atoms with Gasteiger partial charge in [-0.15, -0.1) is 6.42 Å². The van der Waals surface area contributed by atoms with Gasteiger partial charge in [-0.25, -0.2) is 0 Å². The van der Waals surface area contributed by atoms with Crippen LogP contribution in [-0.2, 0) is 13.0 Å². The van der Waals surface area contributed by atoms with Crippen LogP contribution >= 0.6 is 0 Å². The summed E-state index contributed by atoms with van der Waals surface area (Å²) in [5.74, 6) is 1.85. The highest BCUT2D eigenvalue weighted by molar-refractivity contribution is 6.10. The number of rotatable bonds is 4. The van der Waals surface area contributed by atoms with E-state index >= 15 is 0 Å². The van der Waals surface area contributed by atoms with Crippen LogP contribution < -0.4 is 5.73 Å². The monoisotopic (exact) mass is 245 g/mol. The second kappa shape index (κ2) is 8.27. The number of hydrogen-bond donors (Lipinski definition) is 1. The normalized spacial score (nSPS) is 8.83. The summed E-state index contributed by atoms with van der Waals surface area (Å²) in [5.41, 5.74) is 8.92. The standard InChI is InChI=1S/C14H15NO.C2H6.H2/c1-4-11-7-10(9-15)8-13(12(11)5-2)14(16)6-3;1-2;/h3-4,7-8H,1,5,9,15H2,2H3;1-2H3;1H. The molecule has 2 nitrogen and oxygen atoms in total. The van der Waals surface area contributed by atoms with E-state index in [0.717, 1.165) is 23.1 Å². The quantitative estimate of drug-likeness (QED) is 0.501. The Kier molecular flexibility index (Phi) is 7.42. The van der Waals surface area contributed by atoms with Gasteiger partial charge in [-0.2, -0.15) is 0 Å². The number of nitrogens with two attached hydrogens (primary N) is 1. The average Bonchev–Trinajstić information content (AvgIpc) is 2.46. The Hall–Kier alpha value is -1.85. The molecule has 1 rings (SSSR count). The smallest absolute Gasteiger partial charge is 0.235 e. The SMILES string of the molecule is C#CC(=O)c1cc(CN)cc(C=C)c1CC.CC.[HH]. The zero-order valence-electron chi connectivity index (χ0n) is 11.4. The number of Topliss-reactive ketones (excluding diaryl/α,β-unsaturated/α-hetero) is 1. The zero-order valence-corrected chi connectivity index (χ0v) is 11.4. The number of hydrogen-bond acceptors (Lipinski definition) is 2. The third-order valence-corrected chi connectivity index (χ3v) is 2.53. The molecule has 0 atom stereocenters. The van der Waals surface area contributed by atoms with Crippen LogP contribution in [0.1, 0.15) is 49.2 Å². The first-order chi connectivity index (χ1) is 8.67. The first-order valence-corrected chi connectivity index (χ1v) is 6.17. The van der Waals surface area contributed by atoms with Crippen molar-refractivity contribution in [3.05, 3.63) is 41.0 Å². The van der Waals surface area contributed by atoms with Gasteiger partial charge in [-0.3, -0.25) is 4.79 Å². The van der Waals surface area contributed by atoms with Gasteiger partial charge in [0.2, 0.25) is 5.78 Å². The van der Waals surface area contributed by atoms with Crippen LogP contribution in [0.5, 0.6) is 0 Å². The summed E-state index contributed by atoms with van der Waals surface area (Å²) in [6.45, 7) is 10.1. The molecule has 98 valence electrons. The first kappa shape index (κ1) is 16.1. The van der Waals surface area contributed by atoms with Gasteiger partial charge in [0.15, 0.2) is 0 Å². The summed E-state index contributed by atoms with van der Waals surface area (Å²) >= 11 is 0. The summed E-state index contributed by atoms with van der Waals surface area (Å²) in [6.07, 6.45) is 7.63. The van der Waals surface area contributed by atoms with Crippen LogP contribution in [-0.4, -0.2) is 5.78 Å². The van der Waals surface area contributed by atoms with Gasteiger partial charge in [0.05, 0.1) is 0 Å². The molecule has 2 heteroatoms. The van der Waals surface area contributed by atoms with E-state index in [-0.39, 0.29) is 7.21 Å². The molecule has 0 aliphatic rings. The van der Waals surface area contributed by atoms with Crippen LogP contribution in [0.3, 0.4) is 0 Å². The van der Waals surface area contributed by atoms with Crippen molar-refractivity contribution >= 4 is 11.9 Å². The van der Waals surface area contributed by atoms with Crippen LogP contribution in [0.4, 0.5) is 0 Å².